The lowest BCUT2D eigenvalue weighted by Gasteiger charge is -2.27. The fourth-order valence-corrected chi connectivity index (χ4v) is 4.37. The molecule has 0 unspecified atom stereocenters. The molecule has 1 aliphatic heterocycles. The first kappa shape index (κ1) is 17.7. The van der Waals surface area contributed by atoms with Crippen LogP contribution >= 0.6 is 11.3 Å². The molecule has 3 aromatic rings. The Labute approximate surface area is 162 Å². The van der Waals surface area contributed by atoms with Gasteiger partial charge in [-0.25, -0.2) is 10.4 Å². The van der Waals surface area contributed by atoms with E-state index in [1.807, 2.05) is 35.8 Å². The van der Waals surface area contributed by atoms with Gasteiger partial charge in [-0.05, 0) is 50.5 Å². The number of nitrogens with zero attached hydrogens (tertiary/aromatic N) is 4. The smallest absolute Gasteiger partial charge is 0.260 e. The zero-order valence-corrected chi connectivity index (χ0v) is 16.2. The number of hydrogen-bond donors (Lipinski definition) is 1. The lowest BCUT2D eigenvalue weighted by Crippen LogP contribution is -2.28. The van der Waals surface area contributed by atoms with Crippen molar-refractivity contribution < 1.29 is 4.79 Å². The second kappa shape index (κ2) is 7.92. The Morgan fingerprint density at radius 3 is 2.89 bits per heavy atom. The van der Waals surface area contributed by atoms with E-state index in [-0.39, 0.29) is 12.5 Å². The Morgan fingerprint density at radius 2 is 2.04 bits per heavy atom. The predicted molar refractivity (Wildman–Crippen MR) is 111 cm³/mol. The number of carbonyl (C=O) groups excluding carboxylic acids is 1. The third kappa shape index (κ3) is 4.03. The summed E-state index contributed by atoms with van der Waals surface area (Å²) < 4.78 is 1.90. The van der Waals surface area contributed by atoms with Gasteiger partial charge in [0.25, 0.3) is 5.91 Å². The lowest BCUT2D eigenvalue weighted by molar-refractivity contribution is -0.121. The van der Waals surface area contributed by atoms with Crippen LogP contribution in [-0.4, -0.2) is 34.8 Å². The van der Waals surface area contributed by atoms with Gasteiger partial charge in [0, 0.05) is 18.0 Å². The molecule has 0 radical (unpaired) electrons. The first-order chi connectivity index (χ1) is 13.2. The second-order valence-electron chi connectivity index (χ2n) is 6.75. The van der Waals surface area contributed by atoms with E-state index in [9.17, 15) is 4.79 Å². The SMILES string of the molecule is Cc1nc2ccccc2n1CC(=O)N/N=C\c1ccc(N2CCCCC2)s1. The van der Waals surface area contributed by atoms with Gasteiger partial charge in [-0.2, -0.15) is 5.10 Å². The number of benzene rings is 1. The number of imidazole rings is 1. The number of fused-ring (bicyclic) bond motifs is 1. The van der Waals surface area contributed by atoms with Crippen LogP contribution in [0.5, 0.6) is 0 Å². The van der Waals surface area contributed by atoms with E-state index in [1.54, 1.807) is 17.6 Å². The molecule has 3 heterocycles. The average Bonchev–Trinajstić information content (AvgIpc) is 3.28. The Morgan fingerprint density at radius 1 is 1.22 bits per heavy atom. The molecule has 140 valence electrons. The fraction of sp³-hybridized carbons (Fsp3) is 0.350. The van der Waals surface area contributed by atoms with Crippen LogP contribution < -0.4 is 10.3 Å². The Bertz CT molecular complexity index is 968. The zero-order chi connectivity index (χ0) is 18.6. The third-order valence-corrected chi connectivity index (χ3v) is 5.89. The van der Waals surface area contributed by atoms with Crippen molar-refractivity contribution in [3.05, 3.63) is 47.1 Å². The molecule has 1 aliphatic rings. The van der Waals surface area contributed by atoms with Gasteiger partial charge >= 0.3 is 0 Å². The Balaban J connectivity index is 1.36. The fourth-order valence-electron chi connectivity index (χ4n) is 3.44. The largest absolute Gasteiger partial charge is 0.363 e. The van der Waals surface area contributed by atoms with E-state index < -0.39 is 0 Å². The van der Waals surface area contributed by atoms with Crippen LogP contribution in [0.15, 0.2) is 41.5 Å². The lowest BCUT2D eigenvalue weighted by atomic mass is 10.1. The molecule has 0 spiro atoms. The van der Waals surface area contributed by atoms with Gasteiger partial charge in [0.2, 0.25) is 0 Å². The summed E-state index contributed by atoms with van der Waals surface area (Å²) >= 11 is 1.71. The van der Waals surface area contributed by atoms with Crippen molar-refractivity contribution in [3.63, 3.8) is 0 Å². The predicted octanol–water partition coefficient (Wildman–Crippen LogP) is 3.55. The standard InChI is InChI=1S/C20H23N5OS/c1-15-22-17-7-3-4-8-18(17)25(15)14-19(26)23-21-13-16-9-10-20(27-16)24-11-5-2-6-12-24/h3-4,7-10,13H,2,5-6,11-12,14H2,1H3,(H,23,26)/b21-13-. The second-order valence-corrected chi connectivity index (χ2v) is 7.84. The summed E-state index contributed by atoms with van der Waals surface area (Å²) in [6.45, 7) is 4.37. The van der Waals surface area contributed by atoms with E-state index >= 15 is 0 Å². The topological polar surface area (TPSA) is 62.5 Å². The minimum atomic E-state index is -0.162. The monoisotopic (exact) mass is 381 g/mol. The minimum Gasteiger partial charge on any atom is -0.363 e. The number of piperidine rings is 1. The van der Waals surface area contributed by atoms with Gasteiger partial charge in [0.1, 0.15) is 12.4 Å². The molecule has 0 bridgehead atoms. The van der Waals surface area contributed by atoms with Crippen LogP contribution in [0.1, 0.15) is 30.0 Å². The normalized spacial score (nSPS) is 14.9. The Hall–Kier alpha value is -2.67. The van der Waals surface area contributed by atoms with Crippen molar-refractivity contribution in [2.75, 3.05) is 18.0 Å². The molecule has 4 rings (SSSR count). The van der Waals surface area contributed by atoms with Gasteiger partial charge in [-0.3, -0.25) is 4.79 Å². The zero-order valence-electron chi connectivity index (χ0n) is 15.4. The molecule has 6 nitrogen and oxygen atoms in total. The highest BCUT2D eigenvalue weighted by Crippen LogP contribution is 2.27. The number of nitrogens with one attached hydrogen (secondary N) is 1. The maximum Gasteiger partial charge on any atom is 0.260 e. The van der Waals surface area contributed by atoms with Gasteiger partial charge in [-0.1, -0.05) is 12.1 Å². The third-order valence-electron chi connectivity index (χ3n) is 4.81. The molecule has 1 N–H and O–H groups in total. The van der Waals surface area contributed by atoms with Gasteiger partial charge < -0.3 is 9.47 Å². The molecule has 1 fully saturated rings. The number of thiophene rings is 1. The number of rotatable bonds is 5. The summed E-state index contributed by atoms with van der Waals surface area (Å²) in [5.41, 5.74) is 4.48. The van der Waals surface area contributed by atoms with Crippen LogP contribution in [-0.2, 0) is 11.3 Å². The average molecular weight is 382 g/mol. The number of carbonyl (C=O) groups is 1. The van der Waals surface area contributed by atoms with Crippen molar-refractivity contribution in [3.8, 4) is 0 Å². The number of para-hydroxylation sites is 2. The number of aromatic nitrogens is 2. The highest BCUT2D eigenvalue weighted by atomic mass is 32.1. The van der Waals surface area contributed by atoms with Crippen molar-refractivity contribution >= 4 is 39.5 Å². The van der Waals surface area contributed by atoms with Crippen LogP contribution in [0.25, 0.3) is 11.0 Å². The summed E-state index contributed by atoms with van der Waals surface area (Å²) in [5, 5.41) is 5.40. The summed E-state index contributed by atoms with van der Waals surface area (Å²) in [6.07, 6.45) is 5.57. The van der Waals surface area contributed by atoms with Crippen molar-refractivity contribution in [2.45, 2.75) is 32.7 Å². The minimum absolute atomic E-state index is 0.162. The van der Waals surface area contributed by atoms with E-state index in [0.717, 1.165) is 34.8 Å². The molecule has 7 heteroatoms. The van der Waals surface area contributed by atoms with E-state index in [1.165, 1.54) is 24.3 Å². The van der Waals surface area contributed by atoms with Gasteiger partial charge in [0.15, 0.2) is 0 Å². The number of amides is 1. The van der Waals surface area contributed by atoms with Crippen LogP contribution in [0.2, 0.25) is 0 Å². The highest BCUT2D eigenvalue weighted by Gasteiger charge is 2.13. The Kier molecular flexibility index (Phi) is 5.20. The number of hydrogen-bond acceptors (Lipinski definition) is 5. The van der Waals surface area contributed by atoms with Gasteiger partial charge in [-0.15, -0.1) is 11.3 Å². The number of anilines is 1. The van der Waals surface area contributed by atoms with E-state index in [2.05, 4.69) is 32.5 Å². The summed E-state index contributed by atoms with van der Waals surface area (Å²) in [5.74, 6) is 0.657. The van der Waals surface area contributed by atoms with E-state index in [4.69, 9.17) is 0 Å². The van der Waals surface area contributed by atoms with Crippen LogP contribution in [0, 0.1) is 6.92 Å². The molecule has 0 saturated carbocycles. The molecule has 0 atom stereocenters. The number of hydrazone groups is 1. The van der Waals surface area contributed by atoms with Crippen molar-refractivity contribution in [1.82, 2.24) is 15.0 Å². The first-order valence-corrected chi connectivity index (χ1v) is 10.1. The van der Waals surface area contributed by atoms with Crippen molar-refractivity contribution in [1.29, 1.82) is 0 Å². The first-order valence-electron chi connectivity index (χ1n) is 9.29. The van der Waals surface area contributed by atoms with Crippen LogP contribution in [0.4, 0.5) is 5.00 Å². The summed E-state index contributed by atoms with van der Waals surface area (Å²) in [7, 11) is 0. The highest BCUT2D eigenvalue weighted by molar-refractivity contribution is 7.17. The summed E-state index contributed by atoms with van der Waals surface area (Å²) in [4.78, 5) is 20.2. The van der Waals surface area contributed by atoms with Crippen LogP contribution in [0.3, 0.4) is 0 Å². The molecule has 1 amide bonds. The van der Waals surface area contributed by atoms with Crippen molar-refractivity contribution in [2.24, 2.45) is 5.10 Å². The maximum absolute atomic E-state index is 12.3. The van der Waals surface area contributed by atoms with Gasteiger partial charge in [0.05, 0.1) is 22.2 Å². The molecular formula is C20H23N5OS. The molecule has 0 aliphatic carbocycles. The molecule has 2 aromatic heterocycles. The molecule has 27 heavy (non-hydrogen) atoms. The quantitative estimate of drug-likeness (QED) is 0.543. The molecule has 1 aromatic carbocycles. The molecule has 1 saturated heterocycles. The summed E-state index contributed by atoms with van der Waals surface area (Å²) in [6, 6.07) is 12.0. The number of aryl methyl sites for hydroxylation is 1. The maximum atomic E-state index is 12.3. The molecular weight excluding hydrogens is 358 g/mol. The van der Waals surface area contributed by atoms with E-state index in [0.29, 0.717) is 0 Å².